The molecule has 0 unspecified atom stereocenters. The highest BCUT2D eigenvalue weighted by Gasteiger charge is 2.17. The van der Waals surface area contributed by atoms with Crippen molar-refractivity contribution in [3.63, 3.8) is 0 Å². The standard InChI is InChI=1S/C20H22N2O2/c1-20(2,3)24-19(23)18-10-8-17(9-11-18)14-22-13-16-6-4-15(12-21)5-7-16/h4-11,22H,13-14H2,1-3H3. The van der Waals surface area contributed by atoms with Gasteiger partial charge in [0.05, 0.1) is 17.2 Å². The van der Waals surface area contributed by atoms with Crippen molar-refractivity contribution in [3.05, 3.63) is 70.8 Å². The Bertz CT molecular complexity index is 720. The fourth-order valence-corrected chi connectivity index (χ4v) is 2.14. The van der Waals surface area contributed by atoms with E-state index in [-0.39, 0.29) is 5.97 Å². The first kappa shape index (κ1) is 17.7. The van der Waals surface area contributed by atoms with Crippen molar-refractivity contribution in [2.75, 3.05) is 0 Å². The third kappa shape index (κ3) is 5.53. The molecule has 124 valence electrons. The number of rotatable bonds is 5. The number of nitriles is 1. The van der Waals surface area contributed by atoms with Gasteiger partial charge in [0.15, 0.2) is 0 Å². The Labute approximate surface area is 143 Å². The topological polar surface area (TPSA) is 62.1 Å². The predicted molar refractivity (Wildman–Crippen MR) is 93.3 cm³/mol. The molecule has 0 aliphatic carbocycles. The van der Waals surface area contributed by atoms with Crippen molar-refractivity contribution in [2.24, 2.45) is 0 Å². The van der Waals surface area contributed by atoms with Gasteiger partial charge in [0, 0.05) is 13.1 Å². The molecule has 0 aromatic heterocycles. The maximum atomic E-state index is 12.0. The molecule has 2 aromatic rings. The first-order chi connectivity index (χ1) is 11.4. The van der Waals surface area contributed by atoms with E-state index >= 15 is 0 Å². The van der Waals surface area contributed by atoms with E-state index in [4.69, 9.17) is 10.00 Å². The highest BCUT2D eigenvalue weighted by atomic mass is 16.6. The lowest BCUT2D eigenvalue weighted by Crippen LogP contribution is -2.23. The lowest BCUT2D eigenvalue weighted by molar-refractivity contribution is 0.00695. The molecule has 4 nitrogen and oxygen atoms in total. The maximum Gasteiger partial charge on any atom is 0.338 e. The molecule has 0 amide bonds. The van der Waals surface area contributed by atoms with Gasteiger partial charge >= 0.3 is 5.97 Å². The minimum atomic E-state index is -0.488. The van der Waals surface area contributed by atoms with E-state index in [9.17, 15) is 4.79 Å². The monoisotopic (exact) mass is 322 g/mol. The van der Waals surface area contributed by atoms with Crippen molar-refractivity contribution in [2.45, 2.75) is 39.5 Å². The average Bonchev–Trinajstić information content (AvgIpc) is 2.54. The largest absolute Gasteiger partial charge is 0.456 e. The number of hydrogen-bond donors (Lipinski definition) is 1. The van der Waals surface area contributed by atoms with Crippen molar-refractivity contribution >= 4 is 5.97 Å². The minimum absolute atomic E-state index is 0.306. The van der Waals surface area contributed by atoms with Gasteiger partial charge in [-0.2, -0.15) is 5.26 Å². The summed E-state index contributed by atoms with van der Waals surface area (Å²) in [6, 6.07) is 17.0. The number of carbonyl (C=O) groups is 1. The molecule has 2 rings (SSSR count). The van der Waals surface area contributed by atoms with E-state index < -0.39 is 5.60 Å². The van der Waals surface area contributed by atoms with Crippen LogP contribution in [0.4, 0.5) is 0 Å². The molecule has 4 heteroatoms. The van der Waals surface area contributed by atoms with Crippen LogP contribution in [0.2, 0.25) is 0 Å². The van der Waals surface area contributed by atoms with Crippen LogP contribution in [-0.4, -0.2) is 11.6 Å². The van der Waals surface area contributed by atoms with Crippen LogP contribution in [-0.2, 0) is 17.8 Å². The van der Waals surface area contributed by atoms with E-state index in [1.807, 2.05) is 57.2 Å². The zero-order valence-electron chi connectivity index (χ0n) is 14.3. The van der Waals surface area contributed by atoms with Crippen molar-refractivity contribution in [3.8, 4) is 6.07 Å². The third-order valence-corrected chi connectivity index (χ3v) is 3.33. The van der Waals surface area contributed by atoms with Gasteiger partial charge in [0.25, 0.3) is 0 Å². The van der Waals surface area contributed by atoms with Crippen molar-refractivity contribution in [1.82, 2.24) is 5.32 Å². The third-order valence-electron chi connectivity index (χ3n) is 3.33. The Morgan fingerprint density at radius 1 is 1.00 bits per heavy atom. The van der Waals surface area contributed by atoms with Gasteiger partial charge in [0.1, 0.15) is 5.60 Å². The Balaban J connectivity index is 1.85. The highest BCUT2D eigenvalue weighted by Crippen LogP contribution is 2.13. The lowest BCUT2D eigenvalue weighted by Gasteiger charge is -2.19. The van der Waals surface area contributed by atoms with Crippen LogP contribution < -0.4 is 5.32 Å². The Kier molecular flexibility index (Phi) is 5.73. The van der Waals surface area contributed by atoms with E-state index in [1.54, 1.807) is 12.1 Å². The van der Waals surface area contributed by atoms with Gasteiger partial charge in [-0.1, -0.05) is 24.3 Å². The van der Waals surface area contributed by atoms with E-state index in [1.165, 1.54) is 0 Å². The minimum Gasteiger partial charge on any atom is -0.456 e. The van der Waals surface area contributed by atoms with Crippen LogP contribution >= 0.6 is 0 Å². The summed E-state index contributed by atoms with van der Waals surface area (Å²) in [4.78, 5) is 12.0. The fourth-order valence-electron chi connectivity index (χ4n) is 2.14. The van der Waals surface area contributed by atoms with Gasteiger partial charge in [-0.05, 0) is 56.2 Å². The second kappa shape index (κ2) is 7.76. The fraction of sp³-hybridized carbons (Fsp3) is 0.300. The number of esters is 1. The molecule has 0 fully saturated rings. The van der Waals surface area contributed by atoms with Crippen LogP contribution in [0.1, 0.15) is 47.8 Å². The molecule has 0 atom stereocenters. The predicted octanol–water partition coefficient (Wildman–Crippen LogP) is 3.80. The molecule has 0 spiro atoms. The van der Waals surface area contributed by atoms with Crippen LogP contribution in [0, 0.1) is 11.3 Å². The molecule has 0 radical (unpaired) electrons. The summed E-state index contributed by atoms with van der Waals surface area (Å²) in [6.07, 6.45) is 0. The van der Waals surface area contributed by atoms with Crippen molar-refractivity contribution < 1.29 is 9.53 Å². The summed E-state index contributed by atoms with van der Waals surface area (Å²) < 4.78 is 5.34. The Morgan fingerprint density at radius 3 is 1.96 bits per heavy atom. The SMILES string of the molecule is CC(C)(C)OC(=O)c1ccc(CNCc2ccc(C#N)cc2)cc1. The van der Waals surface area contributed by atoms with E-state index in [0.29, 0.717) is 17.7 Å². The molecule has 0 saturated heterocycles. The zero-order valence-corrected chi connectivity index (χ0v) is 14.3. The van der Waals surface area contributed by atoms with Crippen LogP contribution in [0.3, 0.4) is 0 Å². The quantitative estimate of drug-likeness (QED) is 0.850. The van der Waals surface area contributed by atoms with Crippen LogP contribution in [0.25, 0.3) is 0 Å². The summed E-state index contributed by atoms with van der Waals surface area (Å²) in [5.41, 5.74) is 2.95. The van der Waals surface area contributed by atoms with Crippen LogP contribution in [0.5, 0.6) is 0 Å². The smallest absolute Gasteiger partial charge is 0.338 e. The first-order valence-electron chi connectivity index (χ1n) is 7.89. The molecule has 0 bridgehead atoms. The van der Waals surface area contributed by atoms with E-state index in [0.717, 1.165) is 17.7 Å². The molecule has 0 aliphatic heterocycles. The lowest BCUT2D eigenvalue weighted by atomic mass is 10.1. The first-order valence-corrected chi connectivity index (χ1v) is 7.89. The van der Waals surface area contributed by atoms with Gasteiger partial charge in [0.2, 0.25) is 0 Å². The molecule has 0 heterocycles. The molecule has 24 heavy (non-hydrogen) atoms. The second-order valence-electron chi connectivity index (χ2n) is 6.61. The number of benzene rings is 2. The molecule has 0 saturated carbocycles. The molecular weight excluding hydrogens is 300 g/mol. The molecule has 0 aliphatic rings. The van der Waals surface area contributed by atoms with Crippen LogP contribution in [0.15, 0.2) is 48.5 Å². The Morgan fingerprint density at radius 2 is 1.50 bits per heavy atom. The second-order valence-corrected chi connectivity index (χ2v) is 6.61. The maximum absolute atomic E-state index is 12.0. The summed E-state index contributed by atoms with van der Waals surface area (Å²) >= 11 is 0. The summed E-state index contributed by atoms with van der Waals surface area (Å²) in [6.45, 7) is 6.99. The van der Waals surface area contributed by atoms with Gasteiger partial charge < -0.3 is 10.1 Å². The number of nitrogens with one attached hydrogen (secondary N) is 1. The Hall–Kier alpha value is -2.64. The highest BCUT2D eigenvalue weighted by molar-refractivity contribution is 5.89. The number of carbonyl (C=O) groups excluding carboxylic acids is 1. The van der Waals surface area contributed by atoms with Gasteiger partial charge in [-0.3, -0.25) is 0 Å². The average molecular weight is 322 g/mol. The molecule has 1 N–H and O–H groups in total. The van der Waals surface area contributed by atoms with Crippen molar-refractivity contribution in [1.29, 1.82) is 5.26 Å². The summed E-state index contributed by atoms with van der Waals surface area (Å²) in [5.74, 6) is -0.306. The number of nitrogens with zero attached hydrogens (tertiary/aromatic N) is 1. The van der Waals surface area contributed by atoms with Gasteiger partial charge in [-0.25, -0.2) is 4.79 Å². The van der Waals surface area contributed by atoms with E-state index in [2.05, 4.69) is 11.4 Å². The summed E-state index contributed by atoms with van der Waals surface area (Å²) in [7, 11) is 0. The number of ether oxygens (including phenoxy) is 1. The molecular formula is C20H22N2O2. The number of hydrogen-bond acceptors (Lipinski definition) is 4. The zero-order chi connectivity index (χ0) is 17.6. The normalized spacial score (nSPS) is 10.9. The van der Waals surface area contributed by atoms with Gasteiger partial charge in [-0.15, -0.1) is 0 Å². The summed E-state index contributed by atoms with van der Waals surface area (Å²) in [5, 5.41) is 12.1. The molecule has 2 aromatic carbocycles.